The maximum Gasteiger partial charge on any atom is 0.320 e. The molecule has 6 nitrogen and oxygen atoms in total. The second-order valence-electron chi connectivity index (χ2n) is 10.7. The van der Waals surface area contributed by atoms with E-state index in [2.05, 4.69) is 20.8 Å². The summed E-state index contributed by atoms with van der Waals surface area (Å²) in [7, 11) is 5.63. The van der Waals surface area contributed by atoms with Crippen LogP contribution in [0.3, 0.4) is 0 Å². The summed E-state index contributed by atoms with van der Waals surface area (Å²) in [6.07, 6.45) is 8.70. The monoisotopic (exact) mass is 455 g/mol. The zero-order valence-corrected chi connectivity index (χ0v) is 21.1. The Kier molecular flexibility index (Phi) is 7.35. The molecule has 1 aromatic carbocycles. The number of aliphatic hydroxyl groups excluding tert-OH is 1. The van der Waals surface area contributed by atoms with Crippen molar-refractivity contribution in [3.63, 3.8) is 0 Å². The van der Waals surface area contributed by atoms with Crippen molar-refractivity contribution < 1.29 is 14.6 Å². The van der Waals surface area contributed by atoms with Gasteiger partial charge in [-0.15, -0.1) is 0 Å². The second-order valence-corrected chi connectivity index (χ2v) is 10.7. The molecule has 2 aliphatic rings. The zero-order valence-electron chi connectivity index (χ0n) is 21.1. The largest absolute Gasteiger partial charge is 0.512 e. The van der Waals surface area contributed by atoms with Crippen LogP contribution < -0.4 is 15.5 Å². The number of amides is 2. The number of nitrogens with two attached hydrogens (primary N) is 1. The first-order chi connectivity index (χ1) is 15.5. The van der Waals surface area contributed by atoms with Gasteiger partial charge >= 0.3 is 6.03 Å². The third kappa shape index (κ3) is 4.85. The first-order valence-corrected chi connectivity index (χ1v) is 12.1. The van der Waals surface area contributed by atoms with E-state index in [1.54, 1.807) is 12.0 Å². The topological polar surface area (TPSA) is 79.0 Å². The summed E-state index contributed by atoms with van der Waals surface area (Å²) >= 11 is 0. The van der Waals surface area contributed by atoms with Crippen molar-refractivity contribution in [3.8, 4) is 0 Å². The van der Waals surface area contributed by atoms with Crippen molar-refractivity contribution in [2.75, 3.05) is 31.0 Å². The number of urea groups is 1. The Bertz CT molecular complexity index is 904. The van der Waals surface area contributed by atoms with Gasteiger partial charge in [0.1, 0.15) is 11.3 Å². The third-order valence-electron chi connectivity index (χ3n) is 7.25. The number of allylic oxidation sites excluding steroid dienone is 2. The molecule has 182 valence electrons. The van der Waals surface area contributed by atoms with E-state index in [-0.39, 0.29) is 11.3 Å². The lowest BCUT2D eigenvalue weighted by Gasteiger charge is -2.50. The van der Waals surface area contributed by atoms with Crippen LogP contribution in [0.2, 0.25) is 0 Å². The van der Waals surface area contributed by atoms with Crippen LogP contribution in [0.5, 0.6) is 0 Å². The van der Waals surface area contributed by atoms with Crippen LogP contribution in [0.15, 0.2) is 47.4 Å². The maximum absolute atomic E-state index is 13.2. The van der Waals surface area contributed by atoms with Crippen molar-refractivity contribution in [1.82, 2.24) is 0 Å². The van der Waals surface area contributed by atoms with Crippen LogP contribution in [-0.4, -0.2) is 37.9 Å². The van der Waals surface area contributed by atoms with E-state index >= 15 is 0 Å². The Morgan fingerprint density at radius 2 is 1.61 bits per heavy atom. The van der Waals surface area contributed by atoms with E-state index in [4.69, 9.17) is 10.5 Å². The molecular weight excluding hydrogens is 414 g/mol. The minimum Gasteiger partial charge on any atom is -0.512 e. The molecule has 0 aliphatic heterocycles. The molecular formula is C27H41N3O3. The molecule has 6 heteroatoms. The molecule has 0 heterocycles. The van der Waals surface area contributed by atoms with Gasteiger partial charge < -0.3 is 20.5 Å². The molecule has 2 amide bonds. The fourth-order valence-corrected chi connectivity index (χ4v) is 5.59. The normalized spacial score (nSPS) is 22.4. The molecule has 2 aliphatic carbocycles. The molecule has 3 N–H and O–H groups in total. The second kappa shape index (κ2) is 9.70. The van der Waals surface area contributed by atoms with Crippen molar-refractivity contribution in [1.29, 1.82) is 0 Å². The van der Waals surface area contributed by atoms with E-state index in [9.17, 15) is 9.90 Å². The predicted octanol–water partition coefficient (Wildman–Crippen LogP) is 6.14. The summed E-state index contributed by atoms with van der Waals surface area (Å²) in [5.41, 5.74) is 7.58. The number of hydrogen-bond acceptors (Lipinski definition) is 4. The van der Waals surface area contributed by atoms with E-state index in [1.165, 1.54) is 12.8 Å². The van der Waals surface area contributed by atoms with Crippen LogP contribution in [0.1, 0.15) is 65.7 Å². The van der Waals surface area contributed by atoms with E-state index in [0.29, 0.717) is 23.6 Å². The summed E-state index contributed by atoms with van der Waals surface area (Å²) in [5, 5.41) is 11.3. The number of rotatable bonds is 5. The number of carbonyl (C=O) groups excluding carboxylic acids is 1. The standard InChI is InChI=1S/C27H41N3O3/c1-26(2,3)22-17-24(33-6)27(18-23(22)31,19-11-9-7-8-10-12-19)30(25(28)32)21-15-13-20(14-16-21)29(4)5/h13-17,19,31H,7-12,18H2,1-6H3,(H2,28,32). The Labute approximate surface area is 199 Å². The van der Waals surface area contributed by atoms with Gasteiger partial charge in [0.15, 0.2) is 0 Å². The molecule has 0 aromatic heterocycles. The highest BCUT2D eigenvalue weighted by Gasteiger charge is 2.53. The van der Waals surface area contributed by atoms with Crippen molar-refractivity contribution in [2.45, 2.75) is 71.3 Å². The van der Waals surface area contributed by atoms with Crippen LogP contribution in [-0.2, 0) is 4.74 Å². The number of ether oxygens (including phenoxy) is 1. The Hall–Kier alpha value is -2.63. The Balaban J connectivity index is 2.23. The van der Waals surface area contributed by atoms with Gasteiger partial charge in [-0.05, 0) is 60.1 Å². The fraction of sp³-hybridized carbons (Fsp3) is 0.593. The van der Waals surface area contributed by atoms with E-state index < -0.39 is 11.6 Å². The smallest absolute Gasteiger partial charge is 0.320 e. The molecule has 0 radical (unpaired) electrons. The number of benzene rings is 1. The molecule has 1 aromatic rings. The highest BCUT2D eigenvalue weighted by Crippen LogP contribution is 2.50. The maximum atomic E-state index is 13.2. The molecule has 0 saturated heterocycles. The lowest BCUT2D eigenvalue weighted by atomic mass is 9.68. The highest BCUT2D eigenvalue weighted by atomic mass is 16.5. The Morgan fingerprint density at radius 3 is 2.06 bits per heavy atom. The summed E-state index contributed by atoms with van der Waals surface area (Å²) in [6, 6.07) is 7.31. The molecule has 33 heavy (non-hydrogen) atoms. The number of methoxy groups -OCH3 is 1. The molecule has 1 saturated carbocycles. The van der Waals surface area contributed by atoms with Crippen molar-refractivity contribution in [3.05, 3.63) is 47.4 Å². The predicted molar refractivity (Wildman–Crippen MR) is 136 cm³/mol. The van der Waals surface area contributed by atoms with Gasteiger partial charge in [-0.25, -0.2) is 4.79 Å². The third-order valence-corrected chi connectivity index (χ3v) is 7.25. The molecule has 0 spiro atoms. The molecule has 1 unspecified atom stereocenters. The average Bonchev–Trinajstić information content (AvgIpc) is 3.03. The van der Waals surface area contributed by atoms with E-state index in [0.717, 1.165) is 36.9 Å². The van der Waals surface area contributed by atoms with Crippen LogP contribution in [0.4, 0.5) is 16.2 Å². The van der Waals surface area contributed by atoms with Gasteiger partial charge in [-0.2, -0.15) is 0 Å². The number of anilines is 2. The highest BCUT2D eigenvalue weighted by molar-refractivity contribution is 5.93. The van der Waals surface area contributed by atoms with Gasteiger partial charge in [-0.1, -0.05) is 46.5 Å². The molecule has 1 atom stereocenters. The van der Waals surface area contributed by atoms with Gasteiger partial charge in [0.05, 0.1) is 12.9 Å². The molecule has 1 fully saturated rings. The van der Waals surface area contributed by atoms with Gasteiger partial charge in [-0.3, -0.25) is 4.90 Å². The summed E-state index contributed by atoms with van der Waals surface area (Å²) in [6.45, 7) is 6.23. The minimum atomic E-state index is -0.872. The number of carbonyl (C=O) groups is 1. The van der Waals surface area contributed by atoms with E-state index in [1.807, 2.05) is 49.3 Å². The van der Waals surface area contributed by atoms with Gasteiger partial charge in [0.25, 0.3) is 0 Å². The van der Waals surface area contributed by atoms with Crippen LogP contribution in [0, 0.1) is 11.3 Å². The van der Waals surface area contributed by atoms with Crippen LogP contribution in [0.25, 0.3) is 0 Å². The summed E-state index contributed by atoms with van der Waals surface area (Å²) < 4.78 is 6.05. The SMILES string of the molecule is COC1=CC(C(C)(C)C)=C(O)CC1(C1CCCCCC1)N(C(N)=O)c1ccc(N(C)C)cc1. The lowest BCUT2D eigenvalue weighted by Crippen LogP contribution is -2.61. The molecule has 3 rings (SSSR count). The number of primary amides is 1. The Morgan fingerprint density at radius 1 is 1.06 bits per heavy atom. The summed E-state index contributed by atoms with van der Waals surface area (Å²) in [5.74, 6) is 1.13. The number of nitrogens with zero attached hydrogens (tertiary/aromatic N) is 2. The first-order valence-electron chi connectivity index (χ1n) is 12.1. The zero-order chi connectivity index (χ0) is 24.4. The quantitative estimate of drug-likeness (QED) is 0.523. The summed E-state index contributed by atoms with van der Waals surface area (Å²) in [4.78, 5) is 16.9. The number of aliphatic hydroxyl groups is 1. The van der Waals surface area contributed by atoms with Crippen molar-refractivity contribution >= 4 is 17.4 Å². The van der Waals surface area contributed by atoms with Crippen molar-refractivity contribution in [2.24, 2.45) is 17.1 Å². The first kappa shape index (κ1) is 25.0. The number of hydrogen-bond donors (Lipinski definition) is 2. The van der Waals surface area contributed by atoms with Gasteiger partial charge in [0.2, 0.25) is 0 Å². The minimum absolute atomic E-state index is 0.121. The van der Waals surface area contributed by atoms with Gasteiger partial charge in [0, 0.05) is 31.9 Å². The fourth-order valence-electron chi connectivity index (χ4n) is 5.59. The lowest BCUT2D eigenvalue weighted by molar-refractivity contribution is 0.136. The molecule has 0 bridgehead atoms. The van der Waals surface area contributed by atoms with Crippen LogP contribution >= 0.6 is 0 Å². The average molecular weight is 456 g/mol.